The Balaban J connectivity index is 1.94. The van der Waals surface area contributed by atoms with Crippen LogP contribution in [0.5, 0.6) is 0 Å². The third-order valence-electron chi connectivity index (χ3n) is 3.87. The molecule has 0 saturated heterocycles. The molecule has 5 nitrogen and oxygen atoms in total. The molecule has 0 amide bonds. The monoisotopic (exact) mass is 238 g/mol. The third-order valence-corrected chi connectivity index (χ3v) is 3.87. The molecule has 0 spiro atoms. The molecular weight excluding hydrogens is 216 g/mol. The van der Waals surface area contributed by atoms with Gasteiger partial charge in [-0.1, -0.05) is 0 Å². The maximum absolute atomic E-state index is 9.27. The van der Waals surface area contributed by atoms with E-state index in [1.54, 1.807) is 0 Å². The Bertz CT molecular complexity index is 378. The SMILES string of the molecule is CN(Cc1nccn1C)C1CCC(N)(CO)C1. The Morgan fingerprint density at radius 1 is 1.71 bits per heavy atom. The van der Waals surface area contributed by atoms with Crippen LogP contribution in [0.3, 0.4) is 0 Å². The summed E-state index contributed by atoms with van der Waals surface area (Å²) < 4.78 is 2.03. The van der Waals surface area contributed by atoms with E-state index in [2.05, 4.69) is 16.9 Å². The number of aromatic nitrogens is 2. The fourth-order valence-electron chi connectivity index (χ4n) is 2.55. The van der Waals surface area contributed by atoms with Gasteiger partial charge < -0.3 is 15.4 Å². The first-order valence-corrected chi connectivity index (χ1v) is 6.10. The van der Waals surface area contributed by atoms with E-state index >= 15 is 0 Å². The van der Waals surface area contributed by atoms with Gasteiger partial charge in [0.15, 0.2) is 0 Å². The molecule has 5 heteroatoms. The van der Waals surface area contributed by atoms with Gasteiger partial charge in [-0.3, -0.25) is 4.90 Å². The van der Waals surface area contributed by atoms with Gasteiger partial charge in [0.05, 0.1) is 13.2 Å². The molecule has 1 fully saturated rings. The van der Waals surface area contributed by atoms with Crippen LogP contribution in [0, 0.1) is 0 Å². The molecule has 3 N–H and O–H groups in total. The van der Waals surface area contributed by atoms with Gasteiger partial charge in [0.2, 0.25) is 0 Å². The fourth-order valence-corrected chi connectivity index (χ4v) is 2.55. The Hall–Kier alpha value is -0.910. The number of nitrogens with zero attached hydrogens (tertiary/aromatic N) is 3. The van der Waals surface area contributed by atoms with Gasteiger partial charge in [0.25, 0.3) is 0 Å². The number of nitrogens with two attached hydrogens (primary N) is 1. The molecule has 96 valence electrons. The highest BCUT2D eigenvalue weighted by atomic mass is 16.3. The predicted octanol–water partition coefficient (Wildman–Crippen LogP) is 0.0942. The van der Waals surface area contributed by atoms with Crippen molar-refractivity contribution in [1.82, 2.24) is 14.5 Å². The minimum atomic E-state index is -0.374. The van der Waals surface area contributed by atoms with E-state index in [4.69, 9.17) is 5.73 Å². The summed E-state index contributed by atoms with van der Waals surface area (Å²) in [6.07, 6.45) is 6.60. The molecule has 1 aromatic rings. The van der Waals surface area contributed by atoms with Crippen molar-refractivity contribution in [2.75, 3.05) is 13.7 Å². The van der Waals surface area contributed by atoms with E-state index in [-0.39, 0.29) is 12.1 Å². The van der Waals surface area contributed by atoms with Gasteiger partial charge in [-0.15, -0.1) is 0 Å². The molecule has 0 radical (unpaired) electrons. The molecule has 2 atom stereocenters. The van der Waals surface area contributed by atoms with E-state index in [0.717, 1.165) is 31.6 Å². The van der Waals surface area contributed by atoms with Crippen molar-refractivity contribution in [3.05, 3.63) is 18.2 Å². The van der Waals surface area contributed by atoms with Crippen LogP contribution in [0.25, 0.3) is 0 Å². The Morgan fingerprint density at radius 3 is 3.00 bits per heavy atom. The van der Waals surface area contributed by atoms with Crippen LogP contribution < -0.4 is 5.73 Å². The number of hydrogen-bond donors (Lipinski definition) is 2. The second-order valence-electron chi connectivity index (χ2n) is 5.29. The van der Waals surface area contributed by atoms with Crippen molar-refractivity contribution in [3.8, 4) is 0 Å². The van der Waals surface area contributed by atoms with Gasteiger partial charge in [0.1, 0.15) is 5.82 Å². The van der Waals surface area contributed by atoms with E-state index in [0.29, 0.717) is 6.04 Å². The molecule has 1 saturated carbocycles. The van der Waals surface area contributed by atoms with Crippen molar-refractivity contribution in [2.45, 2.75) is 37.4 Å². The Morgan fingerprint density at radius 2 is 2.47 bits per heavy atom. The van der Waals surface area contributed by atoms with Crippen molar-refractivity contribution in [2.24, 2.45) is 12.8 Å². The van der Waals surface area contributed by atoms with Gasteiger partial charge in [-0.05, 0) is 26.3 Å². The normalized spacial score (nSPS) is 29.1. The summed E-state index contributed by atoms with van der Waals surface area (Å²) in [4.78, 5) is 6.61. The van der Waals surface area contributed by atoms with Crippen LogP contribution in [-0.4, -0.2) is 44.8 Å². The van der Waals surface area contributed by atoms with E-state index in [1.165, 1.54) is 0 Å². The van der Waals surface area contributed by atoms with Gasteiger partial charge >= 0.3 is 0 Å². The van der Waals surface area contributed by atoms with Crippen LogP contribution in [-0.2, 0) is 13.6 Å². The molecular formula is C12H22N4O. The van der Waals surface area contributed by atoms with Crippen molar-refractivity contribution in [1.29, 1.82) is 0 Å². The summed E-state index contributed by atoms with van der Waals surface area (Å²) in [6.45, 7) is 0.912. The van der Waals surface area contributed by atoms with Crippen molar-refractivity contribution >= 4 is 0 Å². The van der Waals surface area contributed by atoms with Crippen molar-refractivity contribution < 1.29 is 5.11 Å². The average Bonchev–Trinajstić information content (AvgIpc) is 2.87. The lowest BCUT2D eigenvalue weighted by Crippen LogP contribution is -2.43. The minimum Gasteiger partial charge on any atom is -0.394 e. The quantitative estimate of drug-likeness (QED) is 0.780. The first-order valence-electron chi connectivity index (χ1n) is 6.10. The number of aryl methyl sites for hydroxylation is 1. The second kappa shape index (κ2) is 4.76. The predicted molar refractivity (Wildman–Crippen MR) is 66.3 cm³/mol. The van der Waals surface area contributed by atoms with E-state index in [1.807, 2.05) is 24.0 Å². The number of rotatable bonds is 4. The maximum atomic E-state index is 9.27. The van der Waals surface area contributed by atoms with Crippen LogP contribution >= 0.6 is 0 Å². The van der Waals surface area contributed by atoms with Gasteiger partial charge in [-0.25, -0.2) is 4.98 Å². The van der Waals surface area contributed by atoms with Crippen molar-refractivity contribution in [3.63, 3.8) is 0 Å². The average molecular weight is 238 g/mol. The van der Waals surface area contributed by atoms with Gasteiger partial charge in [0, 0.05) is 31.0 Å². The maximum Gasteiger partial charge on any atom is 0.122 e. The summed E-state index contributed by atoms with van der Waals surface area (Å²) in [5, 5.41) is 9.27. The molecule has 17 heavy (non-hydrogen) atoms. The summed E-state index contributed by atoms with van der Waals surface area (Å²) in [6, 6.07) is 0.448. The summed E-state index contributed by atoms with van der Waals surface area (Å²) in [5.41, 5.74) is 5.72. The van der Waals surface area contributed by atoms with Crippen LogP contribution in [0.1, 0.15) is 25.1 Å². The summed E-state index contributed by atoms with van der Waals surface area (Å²) in [5.74, 6) is 1.06. The van der Waals surface area contributed by atoms with E-state index < -0.39 is 0 Å². The second-order valence-corrected chi connectivity index (χ2v) is 5.29. The number of imidazole rings is 1. The van der Waals surface area contributed by atoms with Gasteiger partial charge in [-0.2, -0.15) is 0 Å². The first kappa shape index (κ1) is 12.5. The van der Waals surface area contributed by atoms with E-state index in [9.17, 15) is 5.11 Å². The smallest absolute Gasteiger partial charge is 0.122 e. The summed E-state index contributed by atoms with van der Waals surface area (Å²) in [7, 11) is 4.11. The molecule has 2 rings (SSSR count). The molecule has 1 aliphatic carbocycles. The van der Waals surface area contributed by atoms with Crippen LogP contribution in [0.2, 0.25) is 0 Å². The molecule has 1 aliphatic rings. The number of aliphatic hydroxyl groups is 1. The van der Waals surface area contributed by atoms with Crippen LogP contribution in [0.4, 0.5) is 0 Å². The highest BCUT2D eigenvalue weighted by molar-refractivity contribution is 4.98. The third kappa shape index (κ3) is 2.68. The Kier molecular flexibility index (Phi) is 3.51. The first-order chi connectivity index (χ1) is 8.04. The highest BCUT2D eigenvalue weighted by Gasteiger charge is 2.36. The summed E-state index contributed by atoms with van der Waals surface area (Å²) >= 11 is 0. The number of aliphatic hydroxyl groups excluding tert-OH is 1. The lowest BCUT2D eigenvalue weighted by atomic mass is 10.0. The minimum absolute atomic E-state index is 0.0831. The lowest BCUT2D eigenvalue weighted by molar-refractivity contribution is 0.176. The number of hydrogen-bond acceptors (Lipinski definition) is 4. The molecule has 1 aromatic heterocycles. The standard InChI is InChI=1S/C12H22N4O/c1-15-6-5-14-11(15)8-16(2)10-3-4-12(13,7-10)9-17/h5-6,10,17H,3-4,7-9,13H2,1-2H3. The molecule has 1 heterocycles. The largest absolute Gasteiger partial charge is 0.394 e. The fraction of sp³-hybridized carbons (Fsp3) is 0.750. The zero-order valence-corrected chi connectivity index (χ0v) is 10.6. The van der Waals surface area contributed by atoms with Crippen LogP contribution in [0.15, 0.2) is 12.4 Å². The molecule has 0 aromatic carbocycles. The topological polar surface area (TPSA) is 67.3 Å². The molecule has 2 unspecified atom stereocenters. The zero-order valence-electron chi connectivity index (χ0n) is 10.6. The lowest BCUT2D eigenvalue weighted by Gasteiger charge is -2.26. The molecule has 0 aliphatic heterocycles. The Labute approximate surface area is 102 Å². The highest BCUT2D eigenvalue weighted by Crippen LogP contribution is 2.30. The molecule has 0 bridgehead atoms. The zero-order chi connectivity index (χ0) is 12.5.